The van der Waals surface area contributed by atoms with Crippen molar-refractivity contribution in [2.45, 2.75) is 6.61 Å². The van der Waals surface area contributed by atoms with Crippen molar-refractivity contribution in [3.8, 4) is 5.75 Å². The third-order valence-electron chi connectivity index (χ3n) is 3.49. The number of carbonyl (C=O) groups is 1. The summed E-state index contributed by atoms with van der Waals surface area (Å²) in [5.41, 5.74) is 2.52. The lowest BCUT2D eigenvalue weighted by atomic mass is 10.2. The lowest BCUT2D eigenvalue weighted by Crippen LogP contribution is -2.12. The first-order chi connectivity index (χ1) is 11.7. The molecule has 3 aromatic rings. The van der Waals surface area contributed by atoms with E-state index in [-0.39, 0.29) is 5.91 Å². The maximum atomic E-state index is 12.3. The third-order valence-corrected chi connectivity index (χ3v) is 4.43. The highest BCUT2D eigenvalue weighted by atomic mass is 127. The van der Waals surface area contributed by atoms with E-state index in [0.717, 1.165) is 20.6 Å². The average Bonchev–Trinajstić information content (AvgIpc) is 2.63. The quantitative estimate of drug-likeness (QED) is 0.572. The second kappa shape index (κ2) is 7.97. The fourth-order valence-electron chi connectivity index (χ4n) is 2.20. The van der Waals surface area contributed by atoms with Gasteiger partial charge in [0.1, 0.15) is 12.4 Å². The van der Waals surface area contributed by atoms with Gasteiger partial charge in [-0.25, -0.2) is 0 Å². The molecule has 0 aliphatic heterocycles. The zero-order chi connectivity index (χ0) is 16.8. The van der Waals surface area contributed by atoms with Gasteiger partial charge in [-0.3, -0.25) is 4.79 Å². The SMILES string of the molecule is O=C(Nc1ccccc1I)c1ccc(OCc2ccccc2)cc1. The fraction of sp³-hybridized carbons (Fsp3) is 0.0500. The molecule has 3 nitrogen and oxygen atoms in total. The van der Waals surface area contributed by atoms with Crippen LogP contribution in [0, 0.1) is 3.57 Å². The Morgan fingerprint density at radius 1 is 0.875 bits per heavy atom. The van der Waals surface area contributed by atoms with E-state index in [1.54, 1.807) is 12.1 Å². The summed E-state index contributed by atoms with van der Waals surface area (Å²) < 4.78 is 6.74. The van der Waals surface area contributed by atoms with E-state index in [4.69, 9.17) is 4.74 Å². The highest BCUT2D eigenvalue weighted by molar-refractivity contribution is 14.1. The van der Waals surface area contributed by atoms with Gasteiger partial charge in [0.25, 0.3) is 5.91 Å². The molecule has 0 aromatic heterocycles. The van der Waals surface area contributed by atoms with Gasteiger partial charge in [0.15, 0.2) is 0 Å². The summed E-state index contributed by atoms with van der Waals surface area (Å²) in [6, 6.07) is 24.8. The Kier molecular flexibility index (Phi) is 5.48. The van der Waals surface area contributed by atoms with E-state index in [9.17, 15) is 4.79 Å². The van der Waals surface area contributed by atoms with Crippen molar-refractivity contribution >= 4 is 34.2 Å². The smallest absolute Gasteiger partial charge is 0.255 e. The van der Waals surface area contributed by atoms with Crippen LogP contribution in [0.3, 0.4) is 0 Å². The highest BCUT2D eigenvalue weighted by Crippen LogP contribution is 2.19. The van der Waals surface area contributed by atoms with Crippen molar-refractivity contribution in [1.82, 2.24) is 0 Å². The van der Waals surface area contributed by atoms with Crippen LogP contribution < -0.4 is 10.1 Å². The number of anilines is 1. The van der Waals surface area contributed by atoms with Gasteiger partial charge in [0.2, 0.25) is 0 Å². The first kappa shape index (κ1) is 16.5. The zero-order valence-electron chi connectivity index (χ0n) is 12.9. The minimum atomic E-state index is -0.131. The van der Waals surface area contributed by atoms with Crippen LogP contribution in [0.2, 0.25) is 0 Å². The predicted molar refractivity (Wildman–Crippen MR) is 104 cm³/mol. The number of hydrogen-bond donors (Lipinski definition) is 1. The first-order valence-electron chi connectivity index (χ1n) is 7.55. The van der Waals surface area contributed by atoms with Crippen molar-refractivity contribution in [1.29, 1.82) is 0 Å². The number of hydrogen-bond acceptors (Lipinski definition) is 2. The summed E-state index contributed by atoms with van der Waals surface area (Å²) in [4.78, 5) is 12.3. The number of benzene rings is 3. The second-order valence-corrected chi connectivity index (χ2v) is 6.39. The molecule has 0 unspecified atom stereocenters. The van der Waals surface area contributed by atoms with Gasteiger partial charge in [0.05, 0.1) is 5.69 Å². The molecule has 1 N–H and O–H groups in total. The minimum Gasteiger partial charge on any atom is -0.489 e. The molecule has 0 aliphatic carbocycles. The van der Waals surface area contributed by atoms with E-state index in [1.807, 2.05) is 66.7 Å². The van der Waals surface area contributed by atoms with Crippen LogP contribution in [0.5, 0.6) is 5.75 Å². The summed E-state index contributed by atoms with van der Waals surface area (Å²) in [6.07, 6.45) is 0. The molecule has 120 valence electrons. The van der Waals surface area contributed by atoms with E-state index >= 15 is 0 Å². The first-order valence-corrected chi connectivity index (χ1v) is 8.63. The van der Waals surface area contributed by atoms with Crippen LogP contribution in [-0.2, 0) is 6.61 Å². The lowest BCUT2D eigenvalue weighted by molar-refractivity contribution is 0.102. The molecule has 1 amide bonds. The normalized spacial score (nSPS) is 10.2. The van der Waals surface area contributed by atoms with Gasteiger partial charge >= 0.3 is 0 Å². The number of nitrogens with one attached hydrogen (secondary N) is 1. The summed E-state index contributed by atoms with van der Waals surface area (Å²) in [7, 11) is 0. The van der Waals surface area contributed by atoms with Gasteiger partial charge in [-0.1, -0.05) is 42.5 Å². The molecule has 0 radical (unpaired) electrons. The van der Waals surface area contributed by atoms with Crippen molar-refractivity contribution in [3.05, 3.63) is 93.6 Å². The average molecular weight is 429 g/mol. The molecule has 0 bridgehead atoms. The molecular weight excluding hydrogens is 413 g/mol. The molecule has 0 heterocycles. The monoisotopic (exact) mass is 429 g/mol. The Morgan fingerprint density at radius 2 is 1.54 bits per heavy atom. The van der Waals surface area contributed by atoms with Gasteiger partial charge in [-0.2, -0.15) is 0 Å². The molecule has 0 atom stereocenters. The van der Waals surface area contributed by atoms with Crippen molar-refractivity contribution in [2.24, 2.45) is 0 Å². The third kappa shape index (κ3) is 4.35. The zero-order valence-corrected chi connectivity index (χ0v) is 15.1. The fourth-order valence-corrected chi connectivity index (χ4v) is 2.72. The summed E-state index contributed by atoms with van der Waals surface area (Å²) in [5, 5.41) is 2.92. The Hall–Kier alpha value is -2.34. The molecule has 0 aliphatic rings. The molecule has 4 heteroatoms. The van der Waals surface area contributed by atoms with Gasteiger partial charge in [0, 0.05) is 9.13 Å². The number of halogens is 1. The molecule has 0 saturated heterocycles. The van der Waals surface area contributed by atoms with E-state index in [0.29, 0.717) is 12.2 Å². The van der Waals surface area contributed by atoms with Crippen LogP contribution in [0.1, 0.15) is 15.9 Å². The van der Waals surface area contributed by atoms with E-state index < -0.39 is 0 Å². The van der Waals surface area contributed by atoms with E-state index in [1.165, 1.54) is 0 Å². The molecule has 0 saturated carbocycles. The number of rotatable bonds is 5. The number of ether oxygens (including phenoxy) is 1. The molecular formula is C20H16INO2. The van der Waals surface area contributed by atoms with E-state index in [2.05, 4.69) is 27.9 Å². The van der Waals surface area contributed by atoms with Crippen molar-refractivity contribution < 1.29 is 9.53 Å². The topological polar surface area (TPSA) is 38.3 Å². The lowest BCUT2D eigenvalue weighted by Gasteiger charge is -2.09. The molecule has 3 rings (SSSR count). The van der Waals surface area contributed by atoms with Gasteiger partial charge in [-0.15, -0.1) is 0 Å². The maximum absolute atomic E-state index is 12.3. The summed E-state index contributed by atoms with van der Waals surface area (Å²) in [6.45, 7) is 0.509. The molecule has 3 aromatic carbocycles. The van der Waals surface area contributed by atoms with Crippen LogP contribution in [0.4, 0.5) is 5.69 Å². The summed E-state index contributed by atoms with van der Waals surface area (Å²) in [5.74, 6) is 0.610. The Labute approximate surface area is 154 Å². The van der Waals surface area contributed by atoms with Crippen LogP contribution in [0.25, 0.3) is 0 Å². The predicted octanol–water partition coefficient (Wildman–Crippen LogP) is 5.12. The number of amides is 1. The van der Waals surface area contributed by atoms with Crippen LogP contribution in [0.15, 0.2) is 78.9 Å². The van der Waals surface area contributed by atoms with Crippen molar-refractivity contribution in [3.63, 3.8) is 0 Å². The molecule has 24 heavy (non-hydrogen) atoms. The highest BCUT2D eigenvalue weighted by Gasteiger charge is 2.08. The maximum Gasteiger partial charge on any atom is 0.255 e. The van der Waals surface area contributed by atoms with Gasteiger partial charge in [-0.05, 0) is 64.6 Å². The Morgan fingerprint density at radius 3 is 2.25 bits per heavy atom. The largest absolute Gasteiger partial charge is 0.489 e. The van der Waals surface area contributed by atoms with Crippen LogP contribution in [-0.4, -0.2) is 5.91 Å². The number of carbonyl (C=O) groups excluding carboxylic acids is 1. The standard InChI is InChI=1S/C20H16INO2/c21-18-8-4-5-9-19(18)22-20(23)16-10-12-17(13-11-16)24-14-15-6-2-1-3-7-15/h1-13H,14H2,(H,22,23). The number of para-hydroxylation sites is 1. The Bertz CT molecular complexity index is 817. The van der Waals surface area contributed by atoms with Crippen LogP contribution >= 0.6 is 22.6 Å². The Balaban J connectivity index is 1.61. The van der Waals surface area contributed by atoms with Crippen molar-refractivity contribution in [2.75, 3.05) is 5.32 Å². The second-order valence-electron chi connectivity index (χ2n) is 5.23. The molecule has 0 fully saturated rings. The summed E-state index contributed by atoms with van der Waals surface area (Å²) >= 11 is 2.20. The molecule has 0 spiro atoms. The van der Waals surface area contributed by atoms with Gasteiger partial charge < -0.3 is 10.1 Å². The minimum absolute atomic E-state index is 0.131.